The van der Waals surface area contributed by atoms with Crippen LogP contribution in [0.2, 0.25) is 0 Å². The van der Waals surface area contributed by atoms with Gasteiger partial charge in [-0.25, -0.2) is 0 Å². The zero-order valence-corrected chi connectivity index (χ0v) is 14.3. The van der Waals surface area contributed by atoms with Gasteiger partial charge >= 0.3 is 64.5 Å². The van der Waals surface area contributed by atoms with Gasteiger partial charge in [0, 0.05) is 0 Å². The third-order valence-electron chi connectivity index (χ3n) is 2.13. The molecule has 0 radical (unpaired) electrons. The summed E-state index contributed by atoms with van der Waals surface area (Å²) < 4.78 is 86.9. The van der Waals surface area contributed by atoms with Crippen LogP contribution in [0, 0.1) is 0 Å². The minimum Gasteiger partial charge on any atom is -0.497 e. The van der Waals surface area contributed by atoms with Crippen LogP contribution >= 0.6 is 0 Å². The summed E-state index contributed by atoms with van der Waals surface area (Å²) in [5.74, 6) is -0.650. The van der Waals surface area contributed by atoms with Crippen LogP contribution in [0.15, 0.2) is 18.2 Å². The molecule has 1 aromatic rings. The Hall–Kier alpha value is 0.0613. The molecular formula is C10H10BF6KO3. The van der Waals surface area contributed by atoms with Crippen molar-refractivity contribution in [2.24, 2.45) is 0 Å². The summed E-state index contributed by atoms with van der Waals surface area (Å²) in [6.07, 6.45) is -4.57. The molecule has 0 fully saturated rings. The van der Waals surface area contributed by atoms with Crippen molar-refractivity contribution in [2.75, 3.05) is 20.5 Å². The topological polar surface area (TPSA) is 27.7 Å². The Kier molecular flexibility index (Phi) is 8.66. The summed E-state index contributed by atoms with van der Waals surface area (Å²) in [6.45, 7) is -7.93. The molecule has 114 valence electrons. The van der Waals surface area contributed by atoms with Crippen molar-refractivity contribution in [3.8, 4) is 11.5 Å². The molecule has 11 heteroatoms. The third kappa shape index (κ3) is 7.75. The molecule has 0 aromatic heterocycles. The molecule has 0 spiro atoms. The summed E-state index contributed by atoms with van der Waals surface area (Å²) in [5, 5.41) is 0. The van der Waals surface area contributed by atoms with Gasteiger partial charge in [0.05, 0.1) is 12.9 Å². The standard InChI is InChI=1S/C10H10BF6O3.K/c1-18-7-2-3-9(8(4-7)11(15,16)17)20-6-19-5-10(12,13)14;/h2-4H,5-6H2,1H3;/q-1;+1. The molecule has 0 bridgehead atoms. The number of alkyl halides is 3. The molecule has 0 unspecified atom stereocenters. The van der Waals surface area contributed by atoms with E-state index in [-0.39, 0.29) is 57.1 Å². The second kappa shape index (κ2) is 8.63. The normalized spacial score (nSPS) is 11.8. The first-order valence-electron chi connectivity index (χ1n) is 5.28. The van der Waals surface area contributed by atoms with Crippen LogP contribution in [0.4, 0.5) is 26.1 Å². The first-order chi connectivity index (χ1) is 9.13. The van der Waals surface area contributed by atoms with Gasteiger partial charge in [-0.15, -0.1) is 0 Å². The monoisotopic (exact) mass is 342 g/mol. The Labute approximate surface area is 159 Å². The minimum atomic E-state index is -5.39. The van der Waals surface area contributed by atoms with Gasteiger partial charge < -0.3 is 27.2 Å². The summed E-state index contributed by atoms with van der Waals surface area (Å²) in [5.41, 5.74) is -1.10. The molecule has 0 N–H and O–H groups in total. The number of benzene rings is 1. The van der Waals surface area contributed by atoms with Gasteiger partial charge in [-0.2, -0.15) is 13.2 Å². The van der Waals surface area contributed by atoms with Crippen LogP contribution < -0.4 is 66.3 Å². The fourth-order valence-electron chi connectivity index (χ4n) is 1.30. The van der Waals surface area contributed by atoms with E-state index in [2.05, 4.69) is 14.2 Å². The molecule has 0 amide bonds. The maximum atomic E-state index is 12.8. The molecule has 21 heavy (non-hydrogen) atoms. The zero-order chi connectivity index (χ0) is 15.4. The van der Waals surface area contributed by atoms with Gasteiger partial charge in [0.2, 0.25) is 0 Å². The summed E-state index contributed by atoms with van der Waals surface area (Å²) in [6, 6.07) is 2.86. The van der Waals surface area contributed by atoms with E-state index in [4.69, 9.17) is 0 Å². The Balaban J connectivity index is 0.00000400. The molecule has 0 heterocycles. The van der Waals surface area contributed by atoms with Crippen molar-refractivity contribution >= 4 is 12.4 Å². The number of methoxy groups -OCH3 is 1. The van der Waals surface area contributed by atoms with Crippen LogP contribution in [0.5, 0.6) is 11.5 Å². The van der Waals surface area contributed by atoms with Gasteiger partial charge in [0.1, 0.15) is 12.4 Å². The molecule has 0 saturated heterocycles. The Bertz CT molecular complexity index is 451. The van der Waals surface area contributed by atoms with Crippen LogP contribution in [0.1, 0.15) is 0 Å². The van der Waals surface area contributed by atoms with E-state index >= 15 is 0 Å². The minimum absolute atomic E-state index is 0. The van der Waals surface area contributed by atoms with Crippen molar-refractivity contribution in [1.82, 2.24) is 0 Å². The molecule has 1 aromatic carbocycles. The van der Waals surface area contributed by atoms with E-state index in [1.54, 1.807) is 0 Å². The second-order valence-corrected chi connectivity index (χ2v) is 3.70. The second-order valence-electron chi connectivity index (χ2n) is 3.70. The summed E-state index contributed by atoms with van der Waals surface area (Å²) in [7, 11) is 1.19. The van der Waals surface area contributed by atoms with E-state index in [0.29, 0.717) is 6.07 Å². The average molecular weight is 342 g/mol. The van der Waals surface area contributed by atoms with E-state index in [0.717, 1.165) is 6.07 Å². The number of rotatable bonds is 6. The van der Waals surface area contributed by atoms with Crippen molar-refractivity contribution < 1.29 is 91.7 Å². The SMILES string of the molecule is COc1ccc(OCOCC(F)(F)F)c([B-](F)(F)F)c1.[K+]. The largest absolute Gasteiger partial charge is 1.00 e. The van der Waals surface area contributed by atoms with Crippen molar-refractivity contribution in [3.05, 3.63) is 18.2 Å². The fraction of sp³-hybridized carbons (Fsp3) is 0.400. The molecule has 3 nitrogen and oxygen atoms in total. The summed E-state index contributed by atoms with van der Waals surface area (Å²) in [4.78, 5) is 0. The van der Waals surface area contributed by atoms with Crippen LogP contribution in [0.3, 0.4) is 0 Å². The number of halogens is 6. The first-order valence-corrected chi connectivity index (χ1v) is 5.28. The van der Waals surface area contributed by atoms with E-state index in [1.807, 2.05) is 0 Å². The maximum Gasteiger partial charge on any atom is 1.00 e. The third-order valence-corrected chi connectivity index (χ3v) is 2.13. The summed E-state index contributed by atoms with van der Waals surface area (Å²) >= 11 is 0. The molecular weight excluding hydrogens is 332 g/mol. The van der Waals surface area contributed by atoms with Gasteiger partial charge in [0.15, 0.2) is 6.79 Å². The fourth-order valence-corrected chi connectivity index (χ4v) is 1.30. The van der Waals surface area contributed by atoms with Gasteiger partial charge in [-0.3, -0.25) is 0 Å². The predicted molar refractivity (Wildman–Crippen MR) is 59.2 cm³/mol. The van der Waals surface area contributed by atoms with Crippen molar-refractivity contribution in [1.29, 1.82) is 0 Å². The maximum absolute atomic E-state index is 12.8. The van der Waals surface area contributed by atoms with Crippen molar-refractivity contribution in [2.45, 2.75) is 6.18 Å². The van der Waals surface area contributed by atoms with Crippen LogP contribution in [-0.2, 0) is 4.74 Å². The Morgan fingerprint density at radius 1 is 1.14 bits per heavy atom. The van der Waals surface area contributed by atoms with Crippen LogP contribution in [-0.4, -0.2) is 33.7 Å². The van der Waals surface area contributed by atoms with Gasteiger partial charge in [-0.1, -0.05) is 5.46 Å². The number of hydrogen-bond donors (Lipinski definition) is 0. The molecule has 0 atom stereocenters. The van der Waals surface area contributed by atoms with Gasteiger partial charge in [0.25, 0.3) is 0 Å². The van der Waals surface area contributed by atoms with E-state index < -0.39 is 37.8 Å². The molecule has 0 aliphatic heterocycles. The molecule has 0 aliphatic rings. The van der Waals surface area contributed by atoms with E-state index in [9.17, 15) is 26.1 Å². The van der Waals surface area contributed by atoms with Crippen molar-refractivity contribution in [3.63, 3.8) is 0 Å². The predicted octanol–water partition coefficient (Wildman–Crippen LogP) is -0.331. The van der Waals surface area contributed by atoms with Gasteiger partial charge in [-0.05, 0) is 18.2 Å². The van der Waals surface area contributed by atoms with Crippen LogP contribution in [0.25, 0.3) is 0 Å². The molecule has 1 rings (SSSR count). The smallest absolute Gasteiger partial charge is 0.497 e. The molecule has 0 aliphatic carbocycles. The first kappa shape index (κ1) is 21.1. The average Bonchev–Trinajstić information content (AvgIpc) is 2.32. The number of hydrogen-bond acceptors (Lipinski definition) is 3. The Morgan fingerprint density at radius 2 is 1.76 bits per heavy atom. The Morgan fingerprint density at radius 3 is 2.24 bits per heavy atom. The quantitative estimate of drug-likeness (QED) is 0.307. The zero-order valence-electron chi connectivity index (χ0n) is 11.2. The van der Waals surface area contributed by atoms with E-state index in [1.165, 1.54) is 13.2 Å². The number of ether oxygens (including phenoxy) is 3. The molecule has 0 saturated carbocycles.